The lowest BCUT2D eigenvalue weighted by Crippen LogP contribution is -2.32. The molecule has 30 heavy (non-hydrogen) atoms. The summed E-state index contributed by atoms with van der Waals surface area (Å²) in [4.78, 5) is 15.7. The molecule has 0 saturated heterocycles. The number of pyridine rings is 1. The maximum absolute atomic E-state index is 13.3. The number of rotatable bonds is 7. The third-order valence-electron chi connectivity index (χ3n) is 5.03. The van der Waals surface area contributed by atoms with Gasteiger partial charge in [0.05, 0.1) is 17.7 Å². The van der Waals surface area contributed by atoms with Crippen LogP contribution in [0.4, 0.5) is 0 Å². The molecule has 0 aliphatic carbocycles. The third kappa shape index (κ3) is 4.08. The van der Waals surface area contributed by atoms with E-state index in [1.807, 2.05) is 18.2 Å². The number of nitrogens with zero attached hydrogens (tertiary/aromatic N) is 1. The number of aryl methyl sites for hydroxylation is 1. The Hall–Kier alpha value is -3.16. The molecule has 2 aromatic carbocycles. The van der Waals surface area contributed by atoms with Crippen molar-refractivity contribution in [1.82, 2.24) is 9.29 Å². The zero-order valence-corrected chi connectivity index (χ0v) is 17.4. The minimum absolute atomic E-state index is 0.0245. The molecule has 0 spiro atoms. The number of furan rings is 1. The molecule has 0 aliphatic rings. The minimum Gasteiger partial charge on any atom is -0.468 e. The van der Waals surface area contributed by atoms with E-state index < -0.39 is 10.0 Å². The average molecular weight is 423 g/mol. The molecule has 0 atom stereocenters. The van der Waals surface area contributed by atoms with Crippen molar-refractivity contribution >= 4 is 20.9 Å². The molecule has 0 unspecified atom stereocenters. The summed E-state index contributed by atoms with van der Waals surface area (Å²) in [6, 6.07) is 19.2. The summed E-state index contributed by atoms with van der Waals surface area (Å²) in [5.74, 6) is 0.500. The molecule has 0 aliphatic heterocycles. The molecule has 2 heterocycles. The van der Waals surface area contributed by atoms with Gasteiger partial charge in [-0.25, -0.2) is 8.42 Å². The van der Waals surface area contributed by atoms with Crippen LogP contribution in [0.5, 0.6) is 0 Å². The van der Waals surface area contributed by atoms with Crippen LogP contribution in [0.15, 0.2) is 87.1 Å². The van der Waals surface area contributed by atoms with Crippen LogP contribution in [0.3, 0.4) is 0 Å². The first-order chi connectivity index (χ1) is 14.5. The van der Waals surface area contributed by atoms with E-state index >= 15 is 0 Å². The maximum atomic E-state index is 13.3. The third-order valence-corrected chi connectivity index (χ3v) is 6.84. The number of H-pyrrole nitrogens is 1. The van der Waals surface area contributed by atoms with E-state index in [-0.39, 0.29) is 23.5 Å². The van der Waals surface area contributed by atoms with Crippen molar-refractivity contribution < 1.29 is 12.8 Å². The standard InChI is InChI=1S/C23H22N2O4S/c1-2-17-10-11-22-18(13-17)14-19(23(26)24-22)15-25(16-20-7-6-12-29-20)30(27,28)21-8-4-3-5-9-21/h3-14H,2,15-16H2,1H3,(H,24,26). The SMILES string of the molecule is CCc1ccc2[nH]c(=O)c(CN(Cc3ccco3)S(=O)(=O)c3ccccc3)cc2c1. The van der Waals surface area contributed by atoms with Crippen LogP contribution in [-0.2, 0) is 29.5 Å². The second-order valence-electron chi connectivity index (χ2n) is 7.06. The first-order valence-electron chi connectivity index (χ1n) is 9.70. The van der Waals surface area contributed by atoms with Gasteiger partial charge in [-0.2, -0.15) is 4.31 Å². The van der Waals surface area contributed by atoms with E-state index in [1.165, 1.54) is 10.6 Å². The Morgan fingerprint density at radius 3 is 2.47 bits per heavy atom. The summed E-state index contributed by atoms with van der Waals surface area (Å²) in [5, 5.41) is 0.874. The Labute approximate surface area is 174 Å². The number of benzene rings is 2. The number of fused-ring (bicyclic) bond motifs is 1. The summed E-state index contributed by atoms with van der Waals surface area (Å²) in [6.45, 7) is 2.02. The highest BCUT2D eigenvalue weighted by Gasteiger charge is 2.26. The van der Waals surface area contributed by atoms with Crippen LogP contribution >= 0.6 is 0 Å². The molecule has 2 aromatic heterocycles. The van der Waals surface area contributed by atoms with Crippen LogP contribution in [0, 0.1) is 0 Å². The number of aromatic amines is 1. The van der Waals surface area contributed by atoms with Crippen molar-refractivity contribution in [2.75, 3.05) is 0 Å². The summed E-state index contributed by atoms with van der Waals surface area (Å²) >= 11 is 0. The van der Waals surface area contributed by atoms with Gasteiger partial charge < -0.3 is 9.40 Å². The fourth-order valence-corrected chi connectivity index (χ4v) is 4.78. The molecular weight excluding hydrogens is 400 g/mol. The predicted octanol–water partition coefficient (Wildman–Crippen LogP) is 4.07. The van der Waals surface area contributed by atoms with Gasteiger partial charge in [0.2, 0.25) is 10.0 Å². The van der Waals surface area contributed by atoms with Crippen molar-refractivity contribution in [1.29, 1.82) is 0 Å². The Morgan fingerprint density at radius 1 is 0.967 bits per heavy atom. The largest absolute Gasteiger partial charge is 0.468 e. The molecule has 0 radical (unpaired) electrons. The van der Waals surface area contributed by atoms with E-state index in [0.717, 1.165) is 22.9 Å². The van der Waals surface area contributed by atoms with Crippen molar-refractivity contribution in [3.05, 3.63) is 100 Å². The quantitative estimate of drug-likeness (QED) is 0.487. The Kier molecular flexibility index (Phi) is 5.57. The van der Waals surface area contributed by atoms with Crippen molar-refractivity contribution in [3.8, 4) is 0 Å². The van der Waals surface area contributed by atoms with E-state index in [1.54, 1.807) is 48.5 Å². The van der Waals surface area contributed by atoms with E-state index in [4.69, 9.17) is 4.42 Å². The number of hydrogen-bond acceptors (Lipinski definition) is 4. The van der Waals surface area contributed by atoms with Crippen LogP contribution in [-0.4, -0.2) is 17.7 Å². The predicted molar refractivity (Wildman–Crippen MR) is 116 cm³/mol. The number of nitrogens with one attached hydrogen (secondary N) is 1. The highest BCUT2D eigenvalue weighted by Crippen LogP contribution is 2.22. The van der Waals surface area contributed by atoms with Gasteiger partial charge in [-0.15, -0.1) is 0 Å². The summed E-state index contributed by atoms with van der Waals surface area (Å²) in [5.41, 5.74) is 1.94. The molecule has 0 amide bonds. The van der Waals surface area contributed by atoms with E-state index in [0.29, 0.717) is 11.3 Å². The van der Waals surface area contributed by atoms with E-state index in [2.05, 4.69) is 11.9 Å². The zero-order chi connectivity index (χ0) is 21.1. The van der Waals surface area contributed by atoms with Crippen molar-refractivity contribution in [2.24, 2.45) is 0 Å². The normalized spacial score (nSPS) is 11.9. The molecular formula is C23H22N2O4S. The average Bonchev–Trinajstić information content (AvgIpc) is 3.27. The molecule has 6 nitrogen and oxygen atoms in total. The fraction of sp³-hybridized carbons (Fsp3) is 0.174. The first-order valence-corrected chi connectivity index (χ1v) is 11.1. The number of aromatic nitrogens is 1. The zero-order valence-electron chi connectivity index (χ0n) is 16.5. The second-order valence-corrected chi connectivity index (χ2v) is 9.00. The van der Waals surface area contributed by atoms with Crippen LogP contribution < -0.4 is 5.56 Å². The first kappa shape index (κ1) is 20.1. The number of hydrogen-bond donors (Lipinski definition) is 1. The summed E-state index contributed by atoms with van der Waals surface area (Å²) in [6.07, 6.45) is 2.37. The Morgan fingerprint density at radius 2 is 1.77 bits per heavy atom. The smallest absolute Gasteiger partial charge is 0.252 e. The lowest BCUT2D eigenvalue weighted by Gasteiger charge is -2.21. The minimum atomic E-state index is -3.84. The van der Waals surface area contributed by atoms with Gasteiger partial charge in [-0.1, -0.05) is 31.2 Å². The van der Waals surface area contributed by atoms with E-state index in [9.17, 15) is 13.2 Å². The second kappa shape index (κ2) is 8.30. The van der Waals surface area contributed by atoms with Gasteiger partial charge in [0, 0.05) is 17.6 Å². The van der Waals surface area contributed by atoms with Gasteiger partial charge in [0.1, 0.15) is 5.76 Å². The van der Waals surface area contributed by atoms with Gasteiger partial charge in [0.25, 0.3) is 5.56 Å². The highest BCUT2D eigenvalue weighted by molar-refractivity contribution is 7.89. The molecule has 0 saturated carbocycles. The summed E-state index contributed by atoms with van der Waals surface area (Å²) < 4.78 is 33.3. The molecule has 0 bridgehead atoms. The lowest BCUT2D eigenvalue weighted by atomic mass is 10.1. The van der Waals surface area contributed by atoms with Crippen LogP contribution in [0.2, 0.25) is 0 Å². The summed E-state index contributed by atoms with van der Waals surface area (Å²) in [7, 11) is -3.84. The van der Waals surface area contributed by atoms with Crippen LogP contribution in [0.25, 0.3) is 10.9 Å². The highest BCUT2D eigenvalue weighted by atomic mass is 32.2. The van der Waals surface area contributed by atoms with Gasteiger partial charge >= 0.3 is 0 Å². The molecule has 7 heteroatoms. The molecule has 4 aromatic rings. The van der Waals surface area contributed by atoms with Crippen molar-refractivity contribution in [3.63, 3.8) is 0 Å². The van der Waals surface area contributed by atoms with Gasteiger partial charge in [-0.05, 0) is 59.8 Å². The lowest BCUT2D eigenvalue weighted by molar-refractivity contribution is 0.357. The van der Waals surface area contributed by atoms with Crippen molar-refractivity contribution in [2.45, 2.75) is 31.3 Å². The van der Waals surface area contributed by atoms with Crippen LogP contribution in [0.1, 0.15) is 23.8 Å². The molecule has 4 rings (SSSR count). The topological polar surface area (TPSA) is 83.4 Å². The molecule has 1 N–H and O–H groups in total. The monoisotopic (exact) mass is 422 g/mol. The van der Waals surface area contributed by atoms with Gasteiger partial charge in [0.15, 0.2) is 0 Å². The molecule has 154 valence electrons. The maximum Gasteiger partial charge on any atom is 0.252 e. The Balaban J connectivity index is 1.76. The Bertz CT molecular complexity index is 1310. The number of sulfonamides is 1. The fourth-order valence-electron chi connectivity index (χ4n) is 3.37. The molecule has 0 fully saturated rings. The van der Waals surface area contributed by atoms with Gasteiger partial charge in [-0.3, -0.25) is 4.79 Å².